The molecule has 0 aliphatic carbocycles. The van der Waals surface area contributed by atoms with E-state index in [1.807, 2.05) is 121 Å². The molecule has 1 aliphatic heterocycles. The minimum atomic E-state index is -4.41. The zero-order valence-corrected chi connectivity index (χ0v) is 32.5. The molecular weight excluding hydrogens is 749 g/mol. The van der Waals surface area contributed by atoms with Gasteiger partial charge in [-0.05, 0) is 46.5 Å². The smallest absolute Gasteiger partial charge is 0.475 e. The Balaban J connectivity index is 1.18. The Kier molecular flexibility index (Phi) is 15.3. The highest BCUT2D eigenvalue weighted by Gasteiger charge is 2.45. The number of ether oxygens (including phenoxy) is 5. The highest BCUT2D eigenvalue weighted by atomic mass is 31.2. The lowest BCUT2D eigenvalue weighted by Gasteiger charge is -2.25. The first-order valence-electron chi connectivity index (χ1n) is 18.6. The van der Waals surface area contributed by atoms with Crippen LogP contribution >= 0.6 is 7.82 Å². The molecule has 0 aromatic heterocycles. The van der Waals surface area contributed by atoms with E-state index in [1.165, 1.54) is 4.90 Å². The molecular formula is C44H46NO11P. The van der Waals surface area contributed by atoms with Crippen LogP contribution in [-0.4, -0.2) is 62.1 Å². The molecule has 1 aliphatic rings. The molecule has 0 N–H and O–H groups in total. The van der Waals surface area contributed by atoms with E-state index in [4.69, 9.17) is 37.3 Å². The van der Waals surface area contributed by atoms with E-state index in [9.17, 15) is 14.2 Å². The lowest BCUT2D eigenvalue weighted by molar-refractivity contribution is -0.149. The lowest BCUT2D eigenvalue weighted by Crippen LogP contribution is -2.41. The van der Waals surface area contributed by atoms with E-state index in [0.29, 0.717) is 11.5 Å². The van der Waals surface area contributed by atoms with E-state index in [-0.39, 0.29) is 52.6 Å². The first-order valence-corrected chi connectivity index (χ1v) is 20.0. The molecule has 5 aromatic carbocycles. The average Bonchev–Trinajstić information content (AvgIpc) is 3.69. The van der Waals surface area contributed by atoms with E-state index in [2.05, 4.69) is 0 Å². The van der Waals surface area contributed by atoms with Gasteiger partial charge in [-0.15, -0.1) is 0 Å². The first kappa shape index (κ1) is 41.2. The largest absolute Gasteiger partial charge is 0.497 e. The van der Waals surface area contributed by atoms with Gasteiger partial charge in [0.25, 0.3) is 0 Å². The number of likely N-dealkylation sites (tertiary alicyclic amines) is 1. The summed E-state index contributed by atoms with van der Waals surface area (Å²) in [5, 5.41) is 0. The van der Waals surface area contributed by atoms with Crippen molar-refractivity contribution in [3.8, 4) is 11.5 Å². The van der Waals surface area contributed by atoms with Gasteiger partial charge < -0.3 is 23.7 Å². The molecule has 1 amide bonds. The maximum Gasteiger partial charge on any atom is 0.475 e. The van der Waals surface area contributed by atoms with Crippen molar-refractivity contribution in [2.24, 2.45) is 0 Å². The first-order chi connectivity index (χ1) is 27.9. The van der Waals surface area contributed by atoms with Crippen LogP contribution in [0.3, 0.4) is 0 Å². The van der Waals surface area contributed by atoms with Crippen LogP contribution in [0.15, 0.2) is 146 Å². The van der Waals surface area contributed by atoms with E-state index >= 15 is 0 Å². The predicted octanol–water partition coefficient (Wildman–Crippen LogP) is 8.54. The normalized spacial score (nSPS) is 16.6. The SMILES string of the molecule is COc1ccc(OC[C@H](COP(=O)(OCc2ccccc2)O[C@@H]2C[C@H](C(=O)OCc3ccccc3)N(C(=O)OCc3ccccc3)C2)OCc2ccccc2)cc1. The van der Waals surface area contributed by atoms with Gasteiger partial charge in [0.2, 0.25) is 0 Å². The van der Waals surface area contributed by atoms with Crippen LogP contribution in [0.5, 0.6) is 11.5 Å². The van der Waals surface area contributed by atoms with Gasteiger partial charge in [0.05, 0.1) is 39.6 Å². The molecule has 1 unspecified atom stereocenters. The van der Waals surface area contributed by atoms with Crippen LogP contribution in [0.2, 0.25) is 0 Å². The second kappa shape index (κ2) is 21.2. The summed E-state index contributed by atoms with van der Waals surface area (Å²) in [7, 11) is -2.83. The van der Waals surface area contributed by atoms with Gasteiger partial charge >= 0.3 is 19.9 Å². The number of rotatable bonds is 20. The summed E-state index contributed by atoms with van der Waals surface area (Å²) in [5.41, 5.74) is 3.20. The Hall–Kier alpha value is -5.49. The number of amides is 1. The Morgan fingerprint density at radius 3 is 1.70 bits per heavy atom. The highest BCUT2D eigenvalue weighted by molar-refractivity contribution is 7.48. The number of benzene rings is 5. The zero-order chi connectivity index (χ0) is 39.7. The third-order valence-electron chi connectivity index (χ3n) is 8.95. The molecule has 4 atom stereocenters. The minimum absolute atomic E-state index is 0.000637. The summed E-state index contributed by atoms with van der Waals surface area (Å²) in [4.78, 5) is 28.3. The maximum atomic E-state index is 14.6. The number of esters is 1. The van der Waals surface area contributed by atoms with Crippen molar-refractivity contribution >= 4 is 19.9 Å². The van der Waals surface area contributed by atoms with Gasteiger partial charge in [0.1, 0.15) is 43.5 Å². The summed E-state index contributed by atoms with van der Waals surface area (Å²) in [6.45, 7) is -0.238. The molecule has 1 heterocycles. The van der Waals surface area contributed by atoms with Gasteiger partial charge in [0.15, 0.2) is 0 Å². The van der Waals surface area contributed by atoms with Crippen molar-refractivity contribution in [2.45, 2.75) is 51.1 Å². The Bertz CT molecular complexity index is 1940. The maximum absolute atomic E-state index is 14.6. The predicted molar refractivity (Wildman–Crippen MR) is 211 cm³/mol. The number of hydrogen-bond acceptors (Lipinski definition) is 11. The lowest BCUT2D eigenvalue weighted by atomic mass is 10.2. The topological polar surface area (TPSA) is 128 Å². The van der Waals surface area contributed by atoms with E-state index in [1.54, 1.807) is 31.4 Å². The van der Waals surface area contributed by atoms with Crippen LogP contribution in [-0.2, 0) is 63.6 Å². The van der Waals surface area contributed by atoms with Gasteiger partial charge in [-0.1, -0.05) is 121 Å². The summed E-state index contributed by atoms with van der Waals surface area (Å²) in [6, 6.07) is 43.1. The third kappa shape index (κ3) is 13.0. The van der Waals surface area contributed by atoms with Crippen LogP contribution in [0, 0.1) is 0 Å². The fraction of sp³-hybridized carbons (Fsp3) is 0.273. The van der Waals surface area contributed by atoms with E-state index < -0.39 is 38.1 Å². The molecule has 57 heavy (non-hydrogen) atoms. The number of hydrogen-bond donors (Lipinski definition) is 0. The molecule has 0 radical (unpaired) electrons. The monoisotopic (exact) mass is 795 g/mol. The molecule has 0 bridgehead atoms. The number of phosphoric ester groups is 1. The van der Waals surface area contributed by atoms with Crippen molar-refractivity contribution in [2.75, 3.05) is 26.9 Å². The molecule has 0 spiro atoms. The summed E-state index contributed by atoms with van der Waals surface area (Å²) < 4.78 is 61.5. The summed E-state index contributed by atoms with van der Waals surface area (Å²) in [5.74, 6) is 0.588. The molecule has 13 heteroatoms. The fourth-order valence-electron chi connectivity index (χ4n) is 5.90. The highest BCUT2D eigenvalue weighted by Crippen LogP contribution is 2.53. The standard InChI is InChI=1S/C44H46NO11P/c1-49-38-22-24-39(25-23-38)51-32-41(50-28-34-14-6-2-7-15-34)33-55-57(48,54-31-37-20-12-5-13-21-37)56-40-26-42(43(46)52-29-35-16-8-3-9-17-35)45(27-40)44(47)53-30-36-18-10-4-11-19-36/h2-25,40-42H,26-33H2,1H3/t40-,41-,42-,57?/m1/s1. The number of nitrogens with zero attached hydrogens (tertiary/aromatic N) is 1. The van der Waals surface area contributed by atoms with Gasteiger partial charge in [-0.25, -0.2) is 14.2 Å². The Morgan fingerprint density at radius 1 is 0.632 bits per heavy atom. The summed E-state index contributed by atoms with van der Waals surface area (Å²) in [6.07, 6.45) is -2.48. The minimum Gasteiger partial charge on any atom is -0.497 e. The number of methoxy groups -OCH3 is 1. The van der Waals surface area contributed by atoms with Gasteiger partial charge in [0, 0.05) is 6.42 Å². The van der Waals surface area contributed by atoms with E-state index in [0.717, 1.165) is 22.3 Å². The van der Waals surface area contributed by atoms with Crippen LogP contribution < -0.4 is 9.47 Å². The molecule has 1 saturated heterocycles. The van der Waals surface area contributed by atoms with Crippen molar-refractivity contribution in [3.05, 3.63) is 168 Å². The van der Waals surface area contributed by atoms with Crippen LogP contribution in [0.4, 0.5) is 4.79 Å². The van der Waals surface area contributed by atoms with Crippen molar-refractivity contribution in [3.63, 3.8) is 0 Å². The number of carbonyl (C=O) groups excluding carboxylic acids is 2. The molecule has 298 valence electrons. The Labute approximate surface area is 332 Å². The van der Waals surface area contributed by atoms with Crippen molar-refractivity contribution in [1.29, 1.82) is 0 Å². The van der Waals surface area contributed by atoms with Crippen molar-refractivity contribution < 1.29 is 51.4 Å². The van der Waals surface area contributed by atoms with Gasteiger partial charge in [-0.2, -0.15) is 0 Å². The fourth-order valence-corrected chi connectivity index (χ4v) is 7.27. The third-order valence-corrected chi connectivity index (χ3v) is 10.4. The number of carbonyl (C=O) groups is 2. The van der Waals surface area contributed by atoms with Crippen molar-refractivity contribution in [1.82, 2.24) is 4.90 Å². The molecule has 0 saturated carbocycles. The molecule has 5 aromatic rings. The average molecular weight is 796 g/mol. The molecule has 1 fully saturated rings. The van der Waals surface area contributed by atoms with Crippen LogP contribution in [0.1, 0.15) is 28.7 Å². The number of phosphoric acid groups is 1. The molecule has 12 nitrogen and oxygen atoms in total. The second-order valence-electron chi connectivity index (χ2n) is 13.2. The quantitative estimate of drug-likeness (QED) is 0.0555. The summed E-state index contributed by atoms with van der Waals surface area (Å²) >= 11 is 0. The van der Waals surface area contributed by atoms with Crippen LogP contribution in [0.25, 0.3) is 0 Å². The molecule has 6 rings (SSSR count). The zero-order valence-electron chi connectivity index (χ0n) is 31.6. The second-order valence-corrected chi connectivity index (χ2v) is 14.8. The van der Waals surface area contributed by atoms with Gasteiger partial charge in [-0.3, -0.25) is 18.5 Å². The Morgan fingerprint density at radius 2 is 1.14 bits per heavy atom.